The van der Waals surface area contributed by atoms with Gasteiger partial charge in [0.2, 0.25) is 0 Å². The van der Waals surface area contributed by atoms with Gasteiger partial charge in [-0.25, -0.2) is 24.0 Å². The molecule has 10 heteroatoms. The summed E-state index contributed by atoms with van der Waals surface area (Å²) in [6, 6.07) is 12.4. The van der Waals surface area contributed by atoms with Crippen molar-refractivity contribution < 1.29 is 47.7 Å². The number of benzene rings is 2. The van der Waals surface area contributed by atoms with E-state index in [1.54, 1.807) is 38.1 Å². The Kier molecular flexibility index (Phi) is 12.1. The quantitative estimate of drug-likeness (QED) is 0.415. The van der Waals surface area contributed by atoms with Gasteiger partial charge in [0.1, 0.15) is 0 Å². The molecular weight excluding hydrogens is 448 g/mol. The zero-order chi connectivity index (χ0) is 25.5. The van der Waals surface area contributed by atoms with Crippen LogP contribution in [-0.2, 0) is 28.5 Å². The summed E-state index contributed by atoms with van der Waals surface area (Å²) in [5.41, 5.74) is 0.571. The SMILES string of the molecule is CCOC(=O)COC(=O)c1ccccc1C(=O)OCC.COC(=O)c1ccccc1C(=O)OC. The van der Waals surface area contributed by atoms with E-state index in [1.807, 2.05) is 0 Å². The molecule has 0 aromatic heterocycles. The highest BCUT2D eigenvalue weighted by atomic mass is 16.6. The van der Waals surface area contributed by atoms with Crippen molar-refractivity contribution in [2.75, 3.05) is 34.0 Å². The van der Waals surface area contributed by atoms with Gasteiger partial charge in [-0.1, -0.05) is 24.3 Å². The van der Waals surface area contributed by atoms with Crippen LogP contribution in [0.15, 0.2) is 48.5 Å². The summed E-state index contributed by atoms with van der Waals surface area (Å²) in [6.45, 7) is 3.22. The van der Waals surface area contributed by atoms with E-state index in [2.05, 4.69) is 14.2 Å². The standard InChI is InChI=1S/C14H16O6.C10H10O4/c1-3-18-12(15)9-20-14(17)11-8-6-5-7-10(11)13(16)19-4-2;1-13-9(11)7-5-3-4-6-8(7)10(12)14-2/h5-8H,3-4,9H2,1-2H3;3-6H,1-2H3. The van der Waals surface area contributed by atoms with Gasteiger partial charge in [-0.2, -0.15) is 0 Å². The average molecular weight is 474 g/mol. The van der Waals surface area contributed by atoms with Crippen LogP contribution in [0.25, 0.3) is 0 Å². The van der Waals surface area contributed by atoms with E-state index in [4.69, 9.17) is 9.47 Å². The van der Waals surface area contributed by atoms with Crippen molar-refractivity contribution in [3.8, 4) is 0 Å². The maximum Gasteiger partial charge on any atom is 0.344 e. The lowest BCUT2D eigenvalue weighted by Crippen LogP contribution is -2.19. The maximum atomic E-state index is 11.8. The lowest BCUT2D eigenvalue weighted by Gasteiger charge is -2.08. The molecule has 0 unspecified atom stereocenters. The molecule has 0 bridgehead atoms. The molecular formula is C24H26O10. The highest BCUT2D eigenvalue weighted by Crippen LogP contribution is 2.12. The molecule has 0 amide bonds. The van der Waals surface area contributed by atoms with Gasteiger partial charge in [0.25, 0.3) is 0 Å². The first-order chi connectivity index (χ1) is 16.3. The number of hydrogen-bond donors (Lipinski definition) is 0. The number of hydrogen-bond acceptors (Lipinski definition) is 10. The first-order valence-electron chi connectivity index (χ1n) is 10.1. The summed E-state index contributed by atoms with van der Waals surface area (Å²) in [6.07, 6.45) is 0. The number of methoxy groups -OCH3 is 2. The van der Waals surface area contributed by atoms with Crippen molar-refractivity contribution >= 4 is 29.8 Å². The minimum absolute atomic E-state index is 0.0512. The van der Waals surface area contributed by atoms with Gasteiger partial charge in [-0.05, 0) is 38.1 Å². The molecule has 2 rings (SSSR count). The predicted octanol–water partition coefficient (Wildman–Crippen LogP) is 2.84. The van der Waals surface area contributed by atoms with E-state index in [0.717, 1.165) is 0 Å². The fourth-order valence-corrected chi connectivity index (χ4v) is 2.51. The Balaban J connectivity index is 0.000000362. The van der Waals surface area contributed by atoms with Gasteiger partial charge in [-0.15, -0.1) is 0 Å². The normalized spacial score (nSPS) is 9.53. The summed E-state index contributed by atoms with van der Waals surface area (Å²) < 4.78 is 23.3. The van der Waals surface area contributed by atoms with E-state index < -0.39 is 36.5 Å². The van der Waals surface area contributed by atoms with E-state index in [-0.39, 0.29) is 35.5 Å². The Labute approximate surface area is 196 Å². The van der Waals surface area contributed by atoms with Gasteiger partial charge >= 0.3 is 29.8 Å². The van der Waals surface area contributed by atoms with E-state index in [9.17, 15) is 24.0 Å². The molecule has 0 aliphatic carbocycles. The summed E-state index contributed by atoms with van der Waals surface area (Å²) in [4.78, 5) is 57.1. The number of ether oxygens (including phenoxy) is 5. The summed E-state index contributed by atoms with van der Waals surface area (Å²) in [7, 11) is 2.52. The molecule has 0 radical (unpaired) electrons. The zero-order valence-electron chi connectivity index (χ0n) is 19.3. The Morgan fingerprint density at radius 3 is 1.26 bits per heavy atom. The lowest BCUT2D eigenvalue weighted by molar-refractivity contribution is -0.146. The smallest absolute Gasteiger partial charge is 0.344 e. The molecule has 0 saturated carbocycles. The first-order valence-corrected chi connectivity index (χ1v) is 10.1. The van der Waals surface area contributed by atoms with Crippen LogP contribution < -0.4 is 0 Å². The number of carbonyl (C=O) groups excluding carboxylic acids is 5. The van der Waals surface area contributed by atoms with E-state index in [1.165, 1.54) is 38.5 Å². The molecule has 0 saturated heterocycles. The van der Waals surface area contributed by atoms with Crippen LogP contribution in [0.1, 0.15) is 55.3 Å². The van der Waals surface area contributed by atoms with E-state index >= 15 is 0 Å². The molecule has 0 aliphatic rings. The maximum absolute atomic E-state index is 11.8. The van der Waals surface area contributed by atoms with Gasteiger partial charge in [-0.3, -0.25) is 0 Å². The van der Waals surface area contributed by atoms with Crippen molar-refractivity contribution in [3.63, 3.8) is 0 Å². The molecule has 34 heavy (non-hydrogen) atoms. The second-order valence-electron chi connectivity index (χ2n) is 6.18. The van der Waals surface area contributed by atoms with Crippen LogP contribution in [0.4, 0.5) is 0 Å². The molecule has 0 heterocycles. The van der Waals surface area contributed by atoms with Gasteiger partial charge in [0.05, 0.1) is 49.7 Å². The molecule has 2 aromatic carbocycles. The molecule has 0 N–H and O–H groups in total. The lowest BCUT2D eigenvalue weighted by atomic mass is 10.1. The summed E-state index contributed by atoms with van der Waals surface area (Å²) >= 11 is 0. The Hall–Kier alpha value is -4.21. The first kappa shape index (κ1) is 27.8. The number of rotatable bonds is 8. The molecule has 182 valence electrons. The topological polar surface area (TPSA) is 132 Å². The van der Waals surface area contributed by atoms with Gasteiger partial charge < -0.3 is 23.7 Å². The van der Waals surface area contributed by atoms with Crippen molar-refractivity contribution in [3.05, 3.63) is 70.8 Å². The third-order valence-electron chi connectivity index (χ3n) is 4.01. The van der Waals surface area contributed by atoms with Crippen LogP contribution >= 0.6 is 0 Å². The van der Waals surface area contributed by atoms with Gasteiger partial charge in [0, 0.05) is 0 Å². The molecule has 0 spiro atoms. The number of carbonyl (C=O) groups is 5. The van der Waals surface area contributed by atoms with Crippen molar-refractivity contribution in [2.24, 2.45) is 0 Å². The third-order valence-corrected chi connectivity index (χ3v) is 4.01. The molecule has 0 aliphatic heterocycles. The summed E-state index contributed by atoms with van der Waals surface area (Å²) in [5.74, 6) is -3.13. The Morgan fingerprint density at radius 1 is 0.559 bits per heavy atom. The second-order valence-corrected chi connectivity index (χ2v) is 6.18. The van der Waals surface area contributed by atoms with Crippen LogP contribution in [0.3, 0.4) is 0 Å². The minimum atomic E-state index is -0.776. The highest BCUT2D eigenvalue weighted by molar-refractivity contribution is 6.04. The summed E-state index contributed by atoms with van der Waals surface area (Å²) in [5, 5.41) is 0. The Morgan fingerprint density at radius 2 is 0.912 bits per heavy atom. The largest absolute Gasteiger partial charge is 0.465 e. The third kappa shape index (κ3) is 8.38. The molecule has 10 nitrogen and oxygen atoms in total. The van der Waals surface area contributed by atoms with Crippen molar-refractivity contribution in [2.45, 2.75) is 13.8 Å². The van der Waals surface area contributed by atoms with Crippen molar-refractivity contribution in [1.82, 2.24) is 0 Å². The average Bonchev–Trinajstić information content (AvgIpc) is 2.87. The fraction of sp³-hybridized carbons (Fsp3) is 0.292. The van der Waals surface area contributed by atoms with Crippen molar-refractivity contribution in [1.29, 1.82) is 0 Å². The fourth-order valence-electron chi connectivity index (χ4n) is 2.51. The number of esters is 5. The van der Waals surface area contributed by atoms with Crippen LogP contribution in [0.2, 0.25) is 0 Å². The Bertz CT molecular complexity index is 977. The molecule has 2 aromatic rings. The monoisotopic (exact) mass is 474 g/mol. The van der Waals surface area contributed by atoms with Crippen LogP contribution in [0.5, 0.6) is 0 Å². The molecule has 0 atom stereocenters. The predicted molar refractivity (Wildman–Crippen MR) is 118 cm³/mol. The second kappa shape index (κ2) is 14.8. The minimum Gasteiger partial charge on any atom is -0.465 e. The molecule has 0 fully saturated rings. The highest BCUT2D eigenvalue weighted by Gasteiger charge is 2.20. The van der Waals surface area contributed by atoms with E-state index in [0.29, 0.717) is 0 Å². The zero-order valence-corrected chi connectivity index (χ0v) is 19.3. The van der Waals surface area contributed by atoms with Gasteiger partial charge in [0.15, 0.2) is 6.61 Å². The van der Waals surface area contributed by atoms with Crippen LogP contribution in [-0.4, -0.2) is 63.9 Å². The van der Waals surface area contributed by atoms with Crippen LogP contribution in [0, 0.1) is 0 Å².